The maximum atomic E-state index is 11.1. The van der Waals surface area contributed by atoms with Gasteiger partial charge in [-0.2, -0.15) is 0 Å². The number of aliphatic carboxylic acids is 1. The Kier molecular flexibility index (Phi) is 2.99. The van der Waals surface area contributed by atoms with E-state index in [-0.39, 0.29) is 11.8 Å². The second-order valence-electron chi connectivity index (χ2n) is 5.02. The Balaban J connectivity index is 2.05. The number of rotatable bonds is 4. The maximum Gasteiger partial charge on any atom is 0.306 e. The zero-order chi connectivity index (χ0) is 11.7. The second kappa shape index (κ2) is 4.28. The van der Waals surface area contributed by atoms with Crippen molar-refractivity contribution in [2.45, 2.75) is 32.6 Å². The van der Waals surface area contributed by atoms with Crippen molar-refractivity contribution in [1.29, 1.82) is 0 Å². The van der Waals surface area contributed by atoms with E-state index in [2.05, 4.69) is 12.1 Å². The minimum Gasteiger partial charge on any atom is -0.481 e. The highest BCUT2D eigenvalue weighted by Crippen LogP contribution is 2.40. The third-order valence-electron chi connectivity index (χ3n) is 3.62. The molecule has 1 aliphatic rings. The number of benzene rings is 1. The second-order valence-corrected chi connectivity index (χ2v) is 5.02. The van der Waals surface area contributed by atoms with Crippen molar-refractivity contribution >= 4 is 5.97 Å². The lowest BCUT2D eigenvalue weighted by atomic mass is 9.71. The normalized spacial score (nSPS) is 20.1. The van der Waals surface area contributed by atoms with Gasteiger partial charge in [0.1, 0.15) is 0 Å². The molecule has 16 heavy (non-hydrogen) atoms. The molecule has 0 heterocycles. The van der Waals surface area contributed by atoms with E-state index in [0.717, 1.165) is 12.8 Å². The number of carboxylic acid groups (broad SMARTS) is 1. The zero-order valence-corrected chi connectivity index (χ0v) is 9.81. The highest BCUT2D eigenvalue weighted by atomic mass is 16.4. The molecule has 1 aromatic carbocycles. The third-order valence-corrected chi connectivity index (χ3v) is 3.62. The van der Waals surface area contributed by atoms with Crippen molar-refractivity contribution in [3.05, 3.63) is 35.4 Å². The highest BCUT2D eigenvalue weighted by Gasteiger charge is 2.32. The van der Waals surface area contributed by atoms with Crippen LogP contribution in [0, 0.1) is 11.8 Å². The van der Waals surface area contributed by atoms with Crippen molar-refractivity contribution < 1.29 is 9.90 Å². The van der Waals surface area contributed by atoms with Crippen LogP contribution in [-0.4, -0.2) is 11.1 Å². The van der Waals surface area contributed by atoms with Gasteiger partial charge in [-0.3, -0.25) is 4.79 Å². The smallest absolute Gasteiger partial charge is 0.306 e. The zero-order valence-electron chi connectivity index (χ0n) is 9.81. The summed E-state index contributed by atoms with van der Waals surface area (Å²) in [7, 11) is 0. The Morgan fingerprint density at radius 3 is 2.69 bits per heavy atom. The predicted molar refractivity (Wildman–Crippen MR) is 63.5 cm³/mol. The summed E-state index contributed by atoms with van der Waals surface area (Å²) in [5.41, 5.74) is 2.75. The molecule has 86 valence electrons. The van der Waals surface area contributed by atoms with Crippen molar-refractivity contribution in [3.8, 4) is 0 Å². The van der Waals surface area contributed by atoms with Gasteiger partial charge in [-0.25, -0.2) is 0 Å². The highest BCUT2D eigenvalue weighted by molar-refractivity contribution is 5.70. The third kappa shape index (κ3) is 1.97. The molecule has 2 nitrogen and oxygen atoms in total. The molecule has 2 atom stereocenters. The molecular formula is C14H18O2. The molecule has 1 aliphatic carbocycles. The molecule has 0 radical (unpaired) electrons. The summed E-state index contributed by atoms with van der Waals surface area (Å²) in [6, 6.07) is 8.35. The summed E-state index contributed by atoms with van der Waals surface area (Å²) in [6.45, 7) is 3.98. The van der Waals surface area contributed by atoms with Gasteiger partial charge in [0, 0.05) is 0 Å². The molecule has 0 saturated heterocycles. The summed E-state index contributed by atoms with van der Waals surface area (Å²) in [5.74, 6) is -0.192. The van der Waals surface area contributed by atoms with Crippen LogP contribution in [0.15, 0.2) is 24.3 Å². The fourth-order valence-corrected chi connectivity index (χ4v) is 2.54. The van der Waals surface area contributed by atoms with Crippen molar-refractivity contribution in [2.24, 2.45) is 11.8 Å². The maximum absolute atomic E-state index is 11.1. The molecule has 0 amide bonds. The molecule has 2 rings (SSSR count). The molecule has 0 saturated carbocycles. The first-order valence-electron chi connectivity index (χ1n) is 5.90. The minimum atomic E-state index is -0.653. The van der Waals surface area contributed by atoms with Gasteiger partial charge in [0.05, 0.1) is 5.92 Å². The SMILES string of the molecule is CC(C)C(CC1Cc2ccccc21)C(=O)O. The number of carbonyl (C=O) groups is 1. The monoisotopic (exact) mass is 218 g/mol. The summed E-state index contributed by atoms with van der Waals surface area (Å²) in [6.07, 6.45) is 1.83. The van der Waals surface area contributed by atoms with E-state index in [4.69, 9.17) is 5.11 Å². The van der Waals surface area contributed by atoms with Gasteiger partial charge in [-0.15, -0.1) is 0 Å². The Morgan fingerprint density at radius 2 is 2.12 bits per heavy atom. The van der Waals surface area contributed by atoms with Gasteiger partial charge in [0.15, 0.2) is 0 Å². The first kappa shape index (κ1) is 11.2. The fourth-order valence-electron chi connectivity index (χ4n) is 2.54. The first-order chi connectivity index (χ1) is 7.59. The van der Waals surface area contributed by atoms with Crippen LogP contribution in [0.25, 0.3) is 0 Å². The average molecular weight is 218 g/mol. The molecule has 0 fully saturated rings. The molecular weight excluding hydrogens is 200 g/mol. The van der Waals surface area contributed by atoms with E-state index in [1.165, 1.54) is 11.1 Å². The molecule has 2 unspecified atom stereocenters. The first-order valence-corrected chi connectivity index (χ1v) is 5.90. The molecule has 0 bridgehead atoms. The largest absolute Gasteiger partial charge is 0.481 e. The Bertz CT molecular complexity index is 395. The molecule has 1 N–H and O–H groups in total. The number of carboxylic acids is 1. The lowest BCUT2D eigenvalue weighted by molar-refractivity contribution is -0.143. The van der Waals surface area contributed by atoms with E-state index in [9.17, 15) is 4.79 Å². The Hall–Kier alpha value is -1.31. The van der Waals surface area contributed by atoms with Gasteiger partial charge in [0.2, 0.25) is 0 Å². The van der Waals surface area contributed by atoms with Gasteiger partial charge in [-0.1, -0.05) is 38.1 Å². The van der Waals surface area contributed by atoms with Crippen LogP contribution in [0.5, 0.6) is 0 Å². The average Bonchev–Trinajstić information content (AvgIpc) is 2.18. The van der Waals surface area contributed by atoms with Gasteiger partial charge < -0.3 is 5.11 Å². The van der Waals surface area contributed by atoms with Crippen LogP contribution in [0.3, 0.4) is 0 Å². The van der Waals surface area contributed by atoms with Crippen LogP contribution in [0.2, 0.25) is 0 Å². The summed E-state index contributed by atoms with van der Waals surface area (Å²) in [5, 5.41) is 9.16. The summed E-state index contributed by atoms with van der Waals surface area (Å²) >= 11 is 0. The molecule has 0 spiro atoms. The van der Waals surface area contributed by atoms with Crippen molar-refractivity contribution in [1.82, 2.24) is 0 Å². The van der Waals surface area contributed by atoms with Gasteiger partial charge in [0.25, 0.3) is 0 Å². The van der Waals surface area contributed by atoms with E-state index in [1.807, 2.05) is 26.0 Å². The Labute approximate surface area is 96.3 Å². The van der Waals surface area contributed by atoms with Crippen molar-refractivity contribution in [3.63, 3.8) is 0 Å². The van der Waals surface area contributed by atoms with Crippen molar-refractivity contribution in [2.75, 3.05) is 0 Å². The predicted octanol–water partition coefficient (Wildman–Crippen LogP) is 3.07. The number of fused-ring (bicyclic) bond motifs is 1. The molecule has 0 aliphatic heterocycles. The van der Waals surface area contributed by atoms with Crippen LogP contribution >= 0.6 is 0 Å². The lowest BCUT2D eigenvalue weighted by Gasteiger charge is -2.33. The minimum absolute atomic E-state index is 0.210. The summed E-state index contributed by atoms with van der Waals surface area (Å²) < 4.78 is 0. The van der Waals surface area contributed by atoms with Gasteiger partial charge >= 0.3 is 5.97 Å². The summed E-state index contributed by atoms with van der Waals surface area (Å²) in [4.78, 5) is 11.1. The molecule has 0 aromatic heterocycles. The number of hydrogen-bond acceptors (Lipinski definition) is 1. The van der Waals surface area contributed by atoms with E-state index < -0.39 is 5.97 Å². The van der Waals surface area contributed by atoms with Crippen LogP contribution < -0.4 is 0 Å². The lowest BCUT2D eigenvalue weighted by Crippen LogP contribution is -2.27. The topological polar surface area (TPSA) is 37.3 Å². The molecule has 1 aromatic rings. The number of hydrogen-bond donors (Lipinski definition) is 1. The Morgan fingerprint density at radius 1 is 1.44 bits per heavy atom. The fraction of sp³-hybridized carbons (Fsp3) is 0.500. The quantitative estimate of drug-likeness (QED) is 0.843. The van der Waals surface area contributed by atoms with E-state index in [0.29, 0.717) is 5.92 Å². The standard InChI is InChI=1S/C14H18O2/c1-9(2)13(14(15)16)8-11-7-10-5-3-4-6-12(10)11/h3-6,9,11,13H,7-8H2,1-2H3,(H,15,16). The van der Waals surface area contributed by atoms with E-state index >= 15 is 0 Å². The van der Waals surface area contributed by atoms with Crippen LogP contribution in [0.4, 0.5) is 0 Å². The van der Waals surface area contributed by atoms with Gasteiger partial charge in [-0.05, 0) is 35.8 Å². The molecule has 2 heteroatoms. The van der Waals surface area contributed by atoms with Crippen LogP contribution in [0.1, 0.15) is 37.3 Å². The van der Waals surface area contributed by atoms with Crippen LogP contribution in [-0.2, 0) is 11.2 Å². The van der Waals surface area contributed by atoms with E-state index in [1.54, 1.807) is 0 Å².